The highest BCUT2D eigenvalue weighted by atomic mass is 32.1. The summed E-state index contributed by atoms with van der Waals surface area (Å²) in [6.07, 6.45) is 0. The number of carbonyl (C=O) groups is 1. The molecule has 0 aliphatic rings. The molecule has 1 amide bonds. The molecule has 35 heavy (non-hydrogen) atoms. The predicted octanol–water partition coefficient (Wildman–Crippen LogP) is 5.66. The average Bonchev–Trinajstić information content (AvgIpc) is 3.31. The number of nitrogens with zero attached hydrogens (tertiary/aromatic N) is 2. The molecule has 0 spiro atoms. The third kappa shape index (κ3) is 5.07. The van der Waals surface area contributed by atoms with Crippen LogP contribution in [-0.2, 0) is 0 Å². The van der Waals surface area contributed by atoms with E-state index in [9.17, 15) is 14.9 Å². The quantitative estimate of drug-likeness (QED) is 0.250. The van der Waals surface area contributed by atoms with Crippen LogP contribution in [0, 0.1) is 10.1 Å². The fourth-order valence-corrected chi connectivity index (χ4v) is 4.39. The van der Waals surface area contributed by atoms with E-state index < -0.39 is 10.8 Å². The van der Waals surface area contributed by atoms with Gasteiger partial charge in [-0.2, -0.15) is 0 Å². The maximum atomic E-state index is 12.9. The lowest BCUT2D eigenvalue weighted by Gasteiger charge is -2.05. The molecule has 3 aromatic carbocycles. The zero-order valence-corrected chi connectivity index (χ0v) is 19.9. The summed E-state index contributed by atoms with van der Waals surface area (Å²) in [7, 11) is 4.53. The van der Waals surface area contributed by atoms with Crippen LogP contribution in [0.15, 0.2) is 66.7 Å². The molecule has 0 bridgehead atoms. The Balaban J connectivity index is 1.71. The maximum absolute atomic E-state index is 12.9. The molecule has 0 atom stereocenters. The van der Waals surface area contributed by atoms with Gasteiger partial charge >= 0.3 is 5.69 Å². The molecule has 1 N–H and O–H groups in total. The van der Waals surface area contributed by atoms with Crippen LogP contribution in [0.4, 0.5) is 10.8 Å². The number of benzene rings is 3. The summed E-state index contributed by atoms with van der Waals surface area (Å²) in [4.78, 5) is 29.2. The number of methoxy groups -OCH3 is 3. The molecular weight excluding hydrogens is 470 g/mol. The first-order valence-electron chi connectivity index (χ1n) is 10.4. The lowest BCUT2D eigenvalue weighted by molar-refractivity contribution is -0.385. The van der Waals surface area contributed by atoms with Gasteiger partial charge in [0.15, 0.2) is 10.9 Å². The van der Waals surface area contributed by atoms with E-state index in [-0.39, 0.29) is 17.0 Å². The molecule has 4 rings (SSSR count). The van der Waals surface area contributed by atoms with Crippen LogP contribution in [0.3, 0.4) is 0 Å². The second-order valence-corrected chi connectivity index (χ2v) is 8.25. The van der Waals surface area contributed by atoms with Gasteiger partial charge in [-0.15, -0.1) is 0 Å². The summed E-state index contributed by atoms with van der Waals surface area (Å²) in [5.41, 5.74) is 2.24. The van der Waals surface area contributed by atoms with E-state index in [4.69, 9.17) is 14.2 Å². The number of nitro groups is 1. The van der Waals surface area contributed by atoms with Crippen molar-refractivity contribution < 1.29 is 23.9 Å². The minimum absolute atomic E-state index is 0.0735. The highest BCUT2D eigenvalue weighted by molar-refractivity contribution is 7.19. The molecule has 0 saturated heterocycles. The van der Waals surface area contributed by atoms with Crippen LogP contribution in [0.5, 0.6) is 17.2 Å². The van der Waals surface area contributed by atoms with Gasteiger partial charge in [0.25, 0.3) is 5.91 Å². The normalized spacial score (nSPS) is 10.5. The number of anilines is 1. The van der Waals surface area contributed by atoms with Crippen molar-refractivity contribution in [2.45, 2.75) is 0 Å². The van der Waals surface area contributed by atoms with Crippen molar-refractivity contribution in [1.82, 2.24) is 4.98 Å². The molecule has 1 aromatic heterocycles. The summed E-state index contributed by atoms with van der Waals surface area (Å²) < 4.78 is 15.5. The topological polar surface area (TPSA) is 113 Å². The van der Waals surface area contributed by atoms with Crippen LogP contribution in [0.25, 0.3) is 21.7 Å². The van der Waals surface area contributed by atoms with E-state index in [1.807, 2.05) is 48.5 Å². The van der Waals surface area contributed by atoms with Gasteiger partial charge in [-0.25, -0.2) is 4.98 Å². The SMILES string of the molecule is COc1ccc(-c2nc(NC(=O)c3ccc(OC)c([N+](=O)[O-])c3)sc2-c2ccc(OC)cc2)cc1. The highest BCUT2D eigenvalue weighted by Crippen LogP contribution is 2.40. The van der Waals surface area contributed by atoms with Crippen molar-refractivity contribution in [3.05, 3.63) is 82.4 Å². The second-order valence-electron chi connectivity index (χ2n) is 7.25. The Kier molecular flexibility index (Phi) is 6.93. The van der Waals surface area contributed by atoms with Crippen LogP contribution >= 0.6 is 11.3 Å². The molecule has 10 heteroatoms. The molecule has 0 radical (unpaired) electrons. The van der Waals surface area contributed by atoms with Gasteiger partial charge in [-0.05, 0) is 66.2 Å². The van der Waals surface area contributed by atoms with E-state index in [0.717, 1.165) is 21.8 Å². The summed E-state index contributed by atoms with van der Waals surface area (Å²) >= 11 is 1.30. The smallest absolute Gasteiger partial charge is 0.311 e. The van der Waals surface area contributed by atoms with Gasteiger partial charge in [0.05, 0.1) is 36.8 Å². The average molecular weight is 492 g/mol. The monoisotopic (exact) mass is 491 g/mol. The van der Waals surface area contributed by atoms with Crippen LogP contribution in [0.2, 0.25) is 0 Å². The molecule has 0 aliphatic carbocycles. The van der Waals surface area contributed by atoms with Crippen molar-refractivity contribution in [2.75, 3.05) is 26.6 Å². The molecular formula is C25H21N3O6S. The lowest BCUT2D eigenvalue weighted by atomic mass is 10.1. The van der Waals surface area contributed by atoms with Crippen molar-refractivity contribution in [2.24, 2.45) is 0 Å². The predicted molar refractivity (Wildman–Crippen MR) is 134 cm³/mol. The van der Waals surface area contributed by atoms with E-state index in [1.54, 1.807) is 14.2 Å². The minimum Gasteiger partial charge on any atom is -0.497 e. The first-order valence-corrected chi connectivity index (χ1v) is 11.2. The largest absolute Gasteiger partial charge is 0.497 e. The summed E-state index contributed by atoms with van der Waals surface area (Å²) in [6, 6.07) is 19.0. The first-order chi connectivity index (χ1) is 16.9. The Morgan fingerprint density at radius 3 is 2.03 bits per heavy atom. The first kappa shape index (κ1) is 23.7. The third-order valence-corrected chi connectivity index (χ3v) is 6.22. The molecule has 1 heterocycles. The van der Waals surface area contributed by atoms with Gasteiger partial charge in [-0.1, -0.05) is 11.3 Å². The number of hydrogen-bond acceptors (Lipinski definition) is 8. The number of nitro benzene ring substituents is 1. The Morgan fingerprint density at radius 1 is 0.886 bits per heavy atom. The minimum atomic E-state index is -0.595. The van der Waals surface area contributed by atoms with Crippen molar-refractivity contribution >= 4 is 28.1 Å². The van der Waals surface area contributed by atoms with Crippen LogP contribution < -0.4 is 19.5 Å². The Labute approximate surface area is 205 Å². The maximum Gasteiger partial charge on any atom is 0.311 e. The number of amides is 1. The van der Waals surface area contributed by atoms with Crippen molar-refractivity contribution in [3.8, 4) is 38.9 Å². The molecule has 178 valence electrons. The standard InChI is InChI=1S/C25H21N3O6S/c1-32-18-9-4-15(5-10-18)22-23(16-6-11-19(33-2)12-7-16)35-25(26-22)27-24(29)17-8-13-21(34-3)20(14-17)28(30)31/h4-14H,1-3H3,(H,26,27,29). The van der Waals surface area contributed by atoms with Crippen molar-refractivity contribution in [1.29, 1.82) is 0 Å². The molecule has 0 fully saturated rings. The Morgan fingerprint density at radius 2 is 1.49 bits per heavy atom. The van der Waals surface area contributed by atoms with Crippen LogP contribution in [0.1, 0.15) is 10.4 Å². The fourth-order valence-electron chi connectivity index (χ4n) is 3.40. The Hall–Kier alpha value is -4.44. The number of hydrogen-bond donors (Lipinski definition) is 1. The van der Waals surface area contributed by atoms with Crippen LogP contribution in [-0.4, -0.2) is 37.1 Å². The number of thiazole rings is 1. The van der Waals surface area contributed by atoms with E-state index in [2.05, 4.69) is 10.3 Å². The lowest BCUT2D eigenvalue weighted by Crippen LogP contribution is -2.12. The number of carbonyl (C=O) groups excluding carboxylic acids is 1. The third-order valence-electron chi connectivity index (χ3n) is 5.20. The number of rotatable bonds is 8. The van der Waals surface area contributed by atoms with E-state index in [0.29, 0.717) is 16.6 Å². The van der Waals surface area contributed by atoms with Gasteiger partial charge in [0.2, 0.25) is 0 Å². The van der Waals surface area contributed by atoms with Crippen molar-refractivity contribution in [3.63, 3.8) is 0 Å². The number of nitrogens with one attached hydrogen (secondary N) is 1. The molecule has 4 aromatic rings. The molecule has 0 aliphatic heterocycles. The van der Waals surface area contributed by atoms with Gasteiger partial charge in [0, 0.05) is 17.2 Å². The van der Waals surface area contributed by atoms with E-state index in [1.165, 1.54) is 36.6 Å². The second kappa shape index (κ2) is 10.2. The molecule has 9 nitrogen and oxygen atoms in total. The Bertz CT molecular complexity index is 1300. The fraction of sp³-hybridized carbons (Fsp3) is 0.120. The zero-order chi connectivity index (χ0) is 24.9. The molecule has 0 saturated carbocycles. The highest BCUT2D eigenvalue weighted by Gasteiger charge is 2.21. The zero-order valence-electron chi connectivity index (χ0n) is 19.1. The van der Waals surface area contributed by atoms with Gasteiger partial charge in [0.1, 0.15) is 11.5 Å². The van der Waals surface area contributed by atoms with Gasteiger partial charge < -0.3 is 14.2 Å². The summed E-state index contributed by atoms with van der Waals surface area (Å²) in [6.45, 7) is 0. The number of aromatic nitrogens is 1. The summed E-state index contributed by atoms with van der Waals surface area (Å²) in [5.74, 6) is 0.986. The van der Waals surface area contributed by atoms with E-state index >= 15 is 0 Å². The van der Waals surface area contributed by atoms with Gasteiger partial charge in [-0.3, -0.25) is 20.2 Å². The molecule has 0 unspecified atom stereocenters. The number of ether oxygens (including phenoxy) is 3. The summed E-state index contributed by atoms with van der Waals surface area (Å²) in [5, 5.41) is 14.4.